The molecule has 0 spiro atoms. The van der Waals surface area contributed by atoms with Gasteiger partial charge in [-0.3, -0.25) is 9.69 Å². The second-order valence-electron chi connectivity index (χ2n) is 6.87. The SMILES string of the molecule is O=C(Nc1cccc(CN2CCOCC2)c1)c1ccn(COc2ccccc2)n1. The van der Waals surface area contributed by atoms with E-state index in [1.54, 1.807) is 16.9 Å². The van der Waals surface area contributed by atoms with Gasteiger partial charge in [0.15, 0.2) is 12.4 Å². The lowest BCUT2D eigenvalue weighted by Crippen LogP contribution is -2.35. The third-order valence-corrected chi connectivity index (χ3v) is 4.67. The van der Waals surface area contributed by atoms with Gasteiger partial charge in [-0.25, -0.2) is 4.68 Å². The van der Waals surface area contributed by atoms with E-state index in [0.717, 1.165) is 49.8 Å². The van der Waals surface area contributed by atoms with Crippen molar-refractivity contribution in [1.29, 1.82) is 0 Å². The Kier molecular flexibility index (Phi) is 6.19. The third-order valence-electron chi connectivity index (χ3n) is 4.67. The van der Waals surface area contributed by atoms with Crippen molar-refractivity contribution in [3.05, 3.63) is 78.1 Å². The summed E-state index contributed by atoms with van der Waals surface area (Å²) in [5.41, 5.74) is 2.27. The van der Waals surface area contributed by atoms with Crippen molar-refractivity contribution in [3.63, 3.8) is 0 Å². The van der Waals surface area contributed by atoms with Gasteiger partial charge in [0.25, 0.3) is 5.91 Å². The number of anilines is 1. The molecule has 29 heavy (non-hydrogen) atoms. The van der Waals surface area contributed by atoms with E-state index in [-0.39, 0.29) is 12.6 Å². The maximum absolute atomic E-state index is 12.5. The molecule has 0 saturated carbocycles. The van der Waals surface area contributed by atoms with Crippen molar-refractivity contribution in [2.45, 2.75) is 13.3 Å². The summed E-state index contributed by atoms with van der Waals surface area (Å²) < 4.78 is 12.6. The Balaban J connectivity index is 1.33. The van der Waals surface area contributed by atoms with Gasteiger partial charge in [0, 0.05) is 31.5 Å². The monoisotopic (exact) mass is 392 g/mol. The van der Waals surface area contributed by atoms with Gasteiger partial charge in [-0.05, 0) is 35.9 Å². The summed E-state index contributed by atoms with van der Waals surface area (Å²) in [5.74, 6) is 0.512. The van der Waals surface area contributed by atoms with Crippen molar-refractivity contribution in [2.75, 3.05) is 31.6 Å². The van der Waals surface area contributed by atoms with Crippen molar-refractivity contribution >= 4 is 11.6 Å². The Morgan fingerprint density at radius 1 is 1.07 bits per heavy atom. The molecule has 1 fully saturated rings. The number of carbonyl (C=O) groups is 1. The van der Waals surface area contributed by atoms with Crippen LogP contribution in [0.15, 0.2) is 66.9 Å². The standard InChI is InChI=1S/C22H24N4O3/c27-22(21-9-10-26(24-21)17-29-20-7-2-1-3-8-20)23-19-6-4-5-18(15-19)16-25-11-13-28-14-12-25/h1-10,15H,11-14,16-17H2,(H,23,27). The smallest absolute Gasteiger partial charge is 0.276 e. The van der Waals surface area contributed by atoms with E-state index in [2.05, 4.69) is 21.4 Å². The van der Waals surface area contributed by atoms with Gasteiger partial charge in [-0.2, -0.15) is 5.10 Å². The van der Waals surface area contributed by atoms with Crippen molar-refractivity contribution < 1.29 is 14.3 Å². The first-order valence-electron chi connectivity index (χ1n) is 9.68. The van der Waals surface area contributed by atoms with E-state index < -0.39 is 0 Å². The minimum absolute atomic E-state index is 0.242. The topological polar surface area (TPSA) is 68.6 Å². The van der Waals surface area contributed by atoms with Gasteiger partial charge >= 0.3 is 0 Å². The first kappa shape index (κ1) is 19.2. The highest BCUT2D eigenvalue weighted by Gasteiger charge is 2.13. The number of morpholine rings is 1. The molecule has 1 N–H and O–H groups in total. The molecule has 1 aliphatic heterocycles. The molecule has 1 aromatic heterocycles. The lowest BCUT2D eigenvalue weighted by atomic mass is 10.2. The van der Waals surface area contributed by atoms with Crippen LogP contribution in [0.4, 0.5) is 5.69 Å². The Bertz CT molecular complexity index is 936. The van der Waals surface area contributed by atoms with Crippen LogP contribution in [0, 0.1) is 0 Å². The third kappa shape index (κ3) is 5.43. The number of carbonyl (C=O) groups excluding carboxylic acids is 1. The van der Waals surface area contributed by atoms with E-state index >= 15 is 0 Å². The Morgan fingerprint density at radius 3 is 2.72 bits per heavy atom. The quantitative estimate of drug-likeness (QED) is 0.669. The number of amides is 1. The number of hydrogen-bond donors (Lipinski definition) is 1. The number of nitrogens with one attached hydrogen (secondary N) is 1. The van der Waals surface area contributed by atoms with E-state index in [0.29, 0.717) is 5.69 Å². The maximum atomic E-state index is 12.5. The number of para-hydroxylation sites is 1. The Morgan fingerprint density at radius 2 is 1.90 bits per heavy atom. The molecule has 7 nitrogen and oxygen atoms in total. The average Bonchev–Trinajstić information content (AvgIpc) is 3.23. The van der Waals surface area contributed by atoms with Gasteiger partial charge in [0.2, 0.25) is 0 Å². The van der Waals surface area contributed by atoms with Crippen molar-refractivity contribution in [2.24, 2.45) is 0 Å². The second-order valence-corrected chi connectivity index (χ2v) is 6.87. The van der Waals surface area contributed by atoms with E-state index in [9.17, 15) is 4.79 Å². The highest BCUT2D eigenvalue weighted by atomic mass is 16.5. The lowest BCUT2D eigenvalue weighted by molar-refractivity contribution is 0.0342. The first-order chi connectivity index (χ1) is 14.3. The van der Waals surface area contributed by atoms with Crippen LogP contribution in [0.3, 0.4) is 0 Å². The number of hydrogen-bond acceptors (Lipinski definition) is 5. The molecule has 7 heteroatoms. The number of aromatic nitrogens is 2. The molecule has 4 rings (SSSR count). The number of benzene rings is 2. The lowest BCUT2D eigenvalue weighted by Gasteiger charge is -2.26. The minimum atomic E-state index is -0.244. The summed E-state index contributed by atoms with van der Waals surface area (Å²) in [6.07, 6.45) is 1.73. The summed E-state index contributed by atoms with van der Waals surface area (Å²) in [7, 11) is 0. The summed E-state index contributed by atoms with van der Waals surface area (Å²) in [5, 5.41) is 7.22. The largest absolute Gasteiger partial charge is 0.471 e. The van der Waals surface area contributed by atoms with Crippen molar-refractivity contribution in [1.82, 2.24) is 14.7 Å². The molecule has 1 saturated heterocycles. The predicted octanol–water partition coefficient (Wildman–Crippen LogP) is 3.00. The fourth-order valence-electron chi connectivity index (χ4n) is 3.17. The molecule has 0 atom stereocenters. The molecule has 0 aliphatic carbocycles. The zero-order chi connectivity index (χ0) is 19.9. The molecular weight excluding hydrogens is 368 g/mol. The molecule has 3 aromatic rings. The number of ether oxygens (including phenoxy) is 2. The van der Waals surface area contributed by atoms with Crippen LogP contribution < -0.4 is 10.1 Å². The highest BCUT2D eigenvalue weighted by molar-refractivity contribution is 6.02. The summed E-state index contributed by atoms with van der Waals surface area (Å²) >= 11 is 0. The van der Waals surface area contributed by atoms with E-state index in [1.807, 2.05) is 48.5 Å². The van der Waals surface area contributed by atoms with Gasteiger partial charge in [0.1, 0.15) is 5.75 Å². The van der Waals surface area contributed by atoms with Crippen LogP contribution in [-0.4, -0.2) is 46.9 Å². The zero-order valence-corrected chi connectivity index (χ0v) is 16.2. The molecule has 2 heterocycles. The van der Waals surface area contributed by atoms with Gasteiger partial charge in [0.05, 0.1) is 13.2 Å². The van der Waals surface area contributed by atoms with Crippen LogP contribution >= 0.6 is 0 Å². The molecule has 0 radical (unpaired) electrons. The molecule has 1 aliphatic rings. The van der Waals surface area contributed by atoms with Crippen LogP contribution in [0.2, 0.25) is 0 Å². The zero-order valence-electron chi connectivity index (χ0n) is 16.2. The van der Waals surface area contributed by atoms with Crippen LogP contribution in [-0.2, 0) is 18.0 Å². The fourth-order valence-corrected chi connectivity index (χ4v) is 3.17. The highest BCUT2D eigenvalue weighted by Crippen LogP contribution is 2.15. The molecular formula is C22H24N4O3. The summed E-state index contributed by atoms with van der Waals surface area (Å²) in [4.78, 5) is 14.9. The molecule has 1 amide bonds. The maximum Gasteiger partial charge on any atom is 0.276 e. The minimum Gasteiger partial charge on any atom is -0.471 e. The average molecular weight is 392 g/mol. The number of rotatable bonds is 7. The molecule has 150 valence electrons. The molecule has 2 aromatic carbocycles. The van der Waals surface area contributed by atoms with E-state index in [4.69, 9.17) is 9.47 Å². The molecule has 0 bridgehead atoms. The van der Waals surface area contributed by atoms with E-state index in [1.165, 1.54) is 0 Å². The Hall–Kier alpha value is -3.16. The number of nitrogens with zero attached hydrogens (tertiary/aromatic N) is 3. The summed E-state index contributed by atoms with van der Waals surface area (Å²) in [6.45, 7) is 4.49. The fraction of sp³-hybridized carbons (Fsp3) is 0.273. The predicted molar refractivity (Wildman–Crippen MR) is 110 cm³/mol. The van der Waals surface area contributed by atoms with Gasteiger partial charge in [-0.15, -0.1) is 0 Å². The first-order valence-corrected chi connectivity index (χ1v) is 9.68. The van der Waals surface area contributed by atoms with Crippen molar-refractivity contribution in [3.8, 4) is 5.75 Å². The van der Waals surface area contributed by atoms with Crippen LogP contribution in [0.25, 0.3) is 0 Å². The van der Waals surface area contributed by atoms with Gasteiger partial charge < -0.3 is 14.8 Å². The van der Waals surface area contributed by atoms with Crippen LogP contribution in [0.5, 0.6) is 5.75 Å². The summed E-state index contributed by atoms with van der Waals surface area (Å²) in [6, 6.07) is 19.1. The normalized spacial score (nSPS) is 14.5. The Labute approximate surface area is 169 Å². The molecule has 0 unspecified atom stereocenters. The second kappa shape index (κ2) is 9.36. The van der Waals surface area contributed by atoms with Crippen LogP contribution in [0.1, 0.15) is 16.1 Å². The van der Waals surface area contributed by atoms with Gasteiger partial charge in [-0.1, -0.05) is 30.3 Å².